The largest absolute Gasteiger partial charge is 0.673 e. The third kappa shape index (κ3) is 72.3. The first-order chi connectivity index (χ1) is 13.7. The van der Waals surface area contributed by atoms with Crippen molar-refractivity contribution in [3.8, 4) is 0 Å². The molecule has 2 radical (unpaired) electrons. The zero-order chi connectivity index (χ0) is 27.6. The summed E-state index contributed by atoms with van der Waals surface area (Å²) >= 11 is 0. The van der Waals surface area contributed by atoms with Crippen molar-refractivity contribution < 1.29 is 69.0 Å². The van der Waals surface area contributed by atoms with Crippen molar-refractivity contribution in [2.75, 3.05) is 0 Å². The van der Waals surface area contributed by atoms with Gasteiger partial charge in [0.15, 0.2) is 0 Å². The number of carbonyl (C=O) groups excluding carboxylic acids is 3. The molecule has 200 valence electrons. The average Bonchev–Trinajstić information content (AvgIpc) is 2.60. The van der Waals surface area contributed by atoms with Crippen LogP contribution in [0.5, 0.6) is 0 Å². The predicted octanol–water partition coefficient (Wildman–Crippen LogP) is 7.65. The number of hydrogen-bond donors (Lipinski definition) is 0. The van der Waals surface area contributed by atoms with Crippen LogP contribution in [0, 0.1) is 5.92 Å². The van der Waals surface area contributed by atoms with Gasteiger partial charge in [0.1, 0.15) is 17.3 Å². The van der Waals surface area contributed by atoms with Crippen molar-refractivity contribution >= 4 is 31.9 Å². The van der Waals surface area contributed by atoms with Crippen LogP contribution in [0.15, 0.2) is 22.3 Å². The van der Waals surface area contributed by atoms with Gasteiger partial charge in [-0.25, -0.2) is 0 Å². The van der Waals surface area contributed by atoms with Gasteiger partial charge < -0.3 is 48.9 Å². The smallest absolute Gasteiger partial charge is 0.418 e. The Morgan fingerprint density at radius 3 is 0.576 bits per heavy atom. The number of allylic oxidation sites excluding steroid dienone is 4. The molecule has 0 saturated heterocycles. The molecule has 1 aliphatic rings. The molecule has 0 bridgehead atoms. The average molecular weight is 675 g/mol. The van der Waals surface area contributed by atoms with E-state index in [-0.39, 0.29) is 37.5 Å². The molecule has 0 fully saturated rings. The maximum atomic E-state index is 9.75. The fourth-order valence-corrected chi connectivity index (χ4v) is 1.41. The van der Waals surface area contributed by atoms with Gasteiger partial charge in [0.2, 0.25) is 0 Å². The third-order valence-electron chi connectivity index (χ3n) is 2.81. The molecule has 1 rings (SSSR count). The van der Waals surface area contributed by atoms with Crippen molar-refractivity contribution in [3.63, 3.8) is 0 Å². The summed E-state index contributed by atoms with van der Waals surface area (Å²) in [5, 5.41) is 0. The number of Topliss-reactive ketones (excluding diaryl/α,β-unsaturated/α-hetero) is 3. The van der Waals surface area contributed by atoms with E-state index < -0.39 is 14.5 Å². The quantitative estimate of drug-likeness (QED) is 0.196. The maximum Gasteiger partial charge on any atom is 0.673 e. The first-order valence-corrected chi connectivity index (χ1v) is 9.11. The Kier molecular flexibility index (Phi) is 30.8. The monoisotopic (exact) mass is 676 g/mol. The standard InChI is InChI=1S/C10H15.3C3H6O.2BF4.Ir/c1-6-7(2)9(4)10(5)8(6)3;3*1-3(2)4;2*2-1(3,4)5;/h1-5H3;3*1-2H3;;;/q;;;;2*-1;. The van der Waals surface area contributed by atoms with Crippen molar-refractivity contribution in [1.29, 1.82) is 0 Å². The van der Waals surface area contributed by atoms with Crippen LogP contribution in [0.2, 0.25) is 0 Å². The summed E-state index contributed by atoms with van der Waals surface area (Å²) in [5.41, 5.74) is 5.87. The van der Waals surface area contributed by atoms with E-state index in [1.807, 2.05) is 0 Å². The zero-order valence-electron chi connectivity index (χ0n) is 20.7. The van der Waals surface area contributed by atoms with Gasteiger partial charge in [0, 0.05) is 26.0 Å². The minimum atomic E-state index is -6.00. The Bertz CT molecular complexity index is 555. The van der Waals surface area contributed by atoms with Crippen LogP contribution in [0.1, 0.15) is 76.2 Å². The van der Waals surface area contributed by atoms with E-state index in [4.69, 9.17) is 0 Å². The summed E-state index contributed by atoms with van der Waals surface area (Å²) in [7, 11) is -12.0. The van der Waals surface area contributed by atoms with E-state index in [0.29, 0.717) is 0 Å². The van der Waals surface area contributed by atoms with Gasteiger partial charge in [-0.05, 0) is 80.4 Å². The summed E-state index contributed by atoms with van der Waals surface area (Å²) in [6.45, 7) is 20.2. The number of rotatable bonds is 0. The van der Waals surface area contributed by atoms with Crippen molar-refractivity contribution in [1.82, 2.24) is 0 Å². The zero-order valence-corrected chi connectivity index (χ0v) is 23.1. The number of carbonyl (C=O) groups is 3. The second-order valence-electron chi connectivity index (χ2n) is 6.84. The third-order valence-corrected chi connectivity index (χ3v) is 2.81. The minimum Gasteiger partial charge on any atom is -0.418 e. The van der Waals surface area contributed by atoms with E-state index in [1.165, 1.54) is 69.8 Å². The molecule has 0 aromatic heterocycles. The SMILES string of the molecule is CC(C)=O.CC(C)=O.CC(C)=O.C[C]1C(C)=C(C)C(C)=C1C.F[B-](F)(F)F.F[B-](F)(F)F.[Ir]. The summed E-state index contributed by atoms with van der Waals surface area (Å²) in [4.78, 5) is 28.3. The molecule has 0 aromatic carbocycles. The normalized spacial score (nSPS) is 12.5. The van der Waals surface area contributed by atoms with Gasteiger partial charge >= 0.3 is 14.5 Å². The van der Waals surface area contributed by atoms with Crippen LogP contribution < -0.4 is 0 Å². The topological polar surface area (TPSA) is 51.2 Å². The summed E-state index contributed by atoms with van der Waals surface area (Å²) < 4.78 is 78.0. The van der Waals surface area contributed by atoms with E-state index in [1.54, 1.807) is 0 Å². The number of halogens is 8. The van der Waals surface area contributed by atoms with Crippen LogP contribution in [0.25, 0.3) is 0 Å². The van der Waals surface area contributed by atoms with Crippen LogP contribution in [0.4, 0.5) is 34.5 Å². The molecular weight excluding hydrogens is 642 g/mol. The molecule has 0 N–H and O–H groups in total. The van der Waals surface area contributed by atoms with Gasteiger partial charge in [-0.1, -0.05) is 18.1 Å². The fraction of sp³-hybridized carbons (Fsp3) is 0.579. The van der Waals surface area contributed by atoms with Crippen molar-refractivity contribution in [2.45, 2.75) is 76.2 Å². The summed E-state index contributed by atoms with van der Waals surface area (Å²) in [5.74, 6) is 1.97. The van der Waals surface area contributed by atoms with Gasteiger partial charge in [-0.2, -0.15) is 0 Å². The Balaban J connectivity index is -0.0000000696. The molecule has 33 heavy (non-hydrogen) atoms. The Morgan fingerprint density at radius 2 is 0.545 bits per heavy atom. The number of ketones is 3. The van der Waals surface area contributed by atoms with Gasteiger partial charge in [0.25, 0.3) is 0 Å². The minimum absolute atomic E-state index is 0. The molecule has 0 saturated carbocycles. The first-order valence-electron chi connectivity index (χ1n) is 9.11. The molecule has 3 nitrogen and oxygen atoms in total. The van der Waals surface area contributed by atoms with Crippen LogP contribution in [0.3, 0.4) is 0 Å². The molecule has 1 aliphatic carbocycles. The van der Waals surface area contributed by atoms with Gasteiger partial charge in [0.05, 0.1) is 0 Å². The fourth-order valence-electron chi connectivity index (χ4n) is 1.41. The molecule has 0 spiro atoms. The Morgan fingerprint density at radius 1 is 0.455 bits per heavy atom. The van der Waals surface area contributed by atoms with Crippen molar-refractivity contribution in [2.24, 2.45) is 0 Å². The van der Waals surface area contributed by atoms with E-state index in [9.17, 15) is 48.9 Å². The van der Waals surface area contributed by atoms with E-state index in [2.05, 4.69) is 34.6 Å². The van der Waals surface area contributed by atoms with Gasteiger partial charge in [-0.15, -0.1) is 0 Å². The molecule has 0 atom stereocenters. The number of hydrogen-bond acceptors (Lipinski definition) is 3. The summed E-state index contributed by atoms with van der Waals surface area (Å²) in [6, 6.07) is 0. The maximum absolute atomic E-state index is 9.75. The molecule has 0 heterocycles. The van der Waals surface area contributed by atoms with E-state index >= 15 is 0 Å². The molecule has 0 aromatic rings. The predicted molar refractivity (Wildman–Crippen MR) is 115 cm³/mol. The van der Waals surface area contributed by atoms with Gasteiger partial charge in [-0.3, -0.25) is 0 Å². The molecular formula is C19H33B2F8IrO3-2. The molecule has 14 heteroatoms. The molecule has 0 amide bonds. The second kappa shape index (κ2) is 22.5. The van der Waals surface area contributed by atoms with Crippen LogP contribution >= 0.6 is 0 Å². The molecule has 0 aliphatic heterocycles. The van der Waals surface area contributed by atoms with Crippen LogP contribution in [-0.4, -0.2) is 31.9 Å². The first kappa shape index (κ1) is 45.2. The van der Waals surface area contributed by atoms with Crippen molar-refractivity contribution in [3.05, 3.63) is 28.2 Å². The Labute approximate surface area is 205 Å². The molecule has 0 unspecified atom stereocenters. The van der Waals surface area contributed by atoms with Crippen LogP contribution in [-0.2, 0) is 34.5 Å². The Hall–Kier alpha value is -1.29. The van der Waals surface area contributed by atoms with E-state index in [0.717, 1.165) is 0 Å². The second-order valence-corrected chi connectivity index (χ2v) is 6.84. The summed E-state index contributed by atoms with van der Waals surface area (Å²) in [6.07, 6.45) is 0.